The van der Waals surface area contributed by atoms with E-state index < -0.39 is 29.4 Å². The summed E-state index contributed by atoms with van der Waals surface area (Å²) in [6.07, 6.45) is -3.90. The molecule has 1 amide bonds. The zero-order chi connectivity index (χ0) is 18.9. The van der Waals surface area contributed by atoms with E-state index in [1.165, 1.54) is 17.0 Å². The normalized spacial score (nSPS) is 15.2. The predicted octanol–water partition coefficient (Wildman–Crippen LogP) is 1.75. The van der Waals surface area contributed by atoms with Crippen LogP contribution in [-0.4, -0.2) is 58.3 Å². The number of rotatable bonds is 3. The number of piperazine rings is 1. The Morgan fingerprint density at radius 3 is 2.31 bits per heavy atom. The van der Waals surface area contributed by atoms with E-state index in [2.05, 4.69) is 14.6 Å². The first-order valence-electron chi connectivity index (χ1n) is 7.53. The zero-order valence-electron chi connectivity index (χ0n) is 13.2. The van der Waals surface area contributed by atoms with Crippen molar-refractivity contribution in [3.63, 3.8) is 0 Å². The summed E-state index contributed by atoms with van der Waals surface area (Å²) in [7, 11) is 0. The van der Waals surface area contributed by atoms with Gasteiger partial charge in [0.2, 0.25) is 5.76 Å². The summed E-state index contributed by atoms with van der Waals surface area (Å²) >= 11 is 0. The highest BCUT2D eigenvalue weighted by Crippen LogP contribution is 2.33. The summed E-state index contributed by atoms with van der Waals surface area (Å²) in [4.78, 5) is 26.2. The average molecular weight is 370 g/mol. The number of amides is 1. The lowest BCUT2D eigenvalue weighted by atomic mass is 10.2. The third kappa shape index (κ3) is 3.46. The molecule has 1 saturated heterocycles. The second-order valence-corrected chi connectivity index (χ2v) is 5.52. The molecule has 8 nitrogen and oxygen atoms in total. The van der Waals surface area contributed by atoms with Gasteiger partial charge < -0.3 is 19.3 Å². The van der Waals surface area contributed by atoms with E-state index in [1.54, 1.807) is 4.90 Å². The first-order chi connectivity index (χ1) is 12.3. The van der Waals surface area contributed by atoms with Gasteiger partial charge in [0.1, 0.15) is 0 Å². The van der Waals surface area contributed by atoms with Crippen LogP contribution in [0.1, 0.15) is 26.6 Å². The standard InChI is InChI=1S/C15H13F3N4O4/c16-15(17,18)12-9(3-8-26-12)13(23)22-6-4-21(5-7-22)11-2-1-10(14(24)25)19-20-11/h1-3,8H,4-7H2,(H,24,25). The fourth-order valence-electron chi connectivity index (χ4n) is 2.61. The average Bonchev–Trinajstić information content (AvgIpc) is 3.11. The van der Waals surface area contributed by atoms with Crippen LogP contribution in [-0.2, 0) is 6.18 Å². The number of anilines is 1. The monoisotopic (exact) mass is 370 g/mol. The van der Waals surface area contributed by atoms with Gasteiger partial charge in [-0.1, -0.05) is 0 Å². The number of nitrogens with zero attached hydrogens (tertiary/aromatic N) is 4. The molecule has 0 aliphatic carbocycles. The van der Waals surface area contributed by atoms with Gasteiger partial charge in [0.15, 0.2) is 11.5 Å². The lowest BCUT2D eigenvalue weighted by Gasteiger charge is -2.35. The lowest BCUT2D eigenvalue weighted by molar-refractivity contribution is -0.153. The van der Waals surface area contributed by atoms with E-state index in [4.69, 9.17) is 5.11 Å². The molecule has 0 spiro atoms. The number of carboxylic acids is 1. The number of furan rings is 1. The molecule has 0 unspecified atom stereocenters. The van der Waals surface area contributed by atoms with Crippen molar-refractivity contribution < 1.29 is 32.3 Å². The maximum absolute atomic E-state index is 12.9. The third-order valence-corrected chi connectivity index (χ3v) is 3.91. The van der Waals surface area contributed by atoms with Crippen LogP contribution >= 0.6 is 0 Å². The topological polar surface area (TPSA) is 99.8 Å². The molecule has 0 radical (unpaired) electrons. The summed E-state index contributed by atoms with van der Waals surface area (Å²) < 4.78 is 43.0. The Morgan fingerprint density at radius 2 is 1.77 bits per heavy atom. The summed E-state index contributed by atoms with van der Waals surface area (Å²) in [5.41, 5.74) is -0.709. The van der Waals surface area contributed by atoms with Gasteiger partial charge in [-0.2, -0.15) is 13.2 Å². The van der Waals surface area contributed by atoms with Crippen LogP contribution in [0.15, 0.2) is 28.9 Å². The number of aromatic carboxylic acids is 1. The smallest absolute Gasteiger partial charge is 0.450 e. The van der Waals surface area contributed by atoms with Gasteiger partial charge in [0.25, 0.3) is 5.91 Å². The Morgan fingerprint density at radius 1 is 1.08 bits per heavy atom. The largest absolute Gasteiger partial charge is 0.476 e. The molecule has 2 aromatic rings. The molecule has 1 fully saturated rings. The van der Waals surface area contributed by atoms with Crippen molar-refractivity contribution in [3.8, 4) is 0 Å². The minimum Gasteiger partial charge on any atom is -0.476 e. The Bertz CT molecular complexity index is 811. The molecule has 0 saturated carbocycles. The fraction of sp³-hybridized carbons (Fsp3) is 0.333. The molecule has 1 aliphatic heterocycles. The first-order valence-corrected chi connectivity index (χ1v) is 7.53. The van der Waals surface area contributed by atoms with Gasteiger partial charge in [-0.15, -0.1) is 10.2 Å². The van der Waals surface area contributed by atoms with E-state index in [9.17, 15) is 22.8 Å². The Labute approximate surface area is 144 Å². The Balaban J connectivity index is 1.66. The number of hydrogen-bond donors (Lipinski definition) is 1. The van der Waals surface area contributed by atoms with Gasteiger partial charge in [0, 0.05) is 26.2 Å². The van der Waals surface area contributed by atoms with Gasteiger partial charge in [0.05, 0.1) is 11.8 Å². The van der Waals surface area contributed by atoms with Gasteiger partial charge in [-0.25, -0.2) is 4.79 Å². The lowest BCUT2D eigenvalue weighted by Crippen LogP contribution is -2.49. The minimum atomic E-state index is -4.74. The fourth-order valence-corrected chi connectivity index (χ4v) is 2.61. The predicted molar refractivity (Wildman–Crippen MR) is 80.8 cm³/mol. The molecule has 0 atom stereocenters. The van der Waals surface area contributed by atoms with Crippen LogP contribution in [0.2, 0.25) is 0 Å². The van der Waals surface area contributed by atoms with Crippen molar-refractivity contribution in [3.05, 3.63) is 41.5 Å². The third-order valence-electron chi connectivity index (χ3n) is 3.91. The number of aromatic nitrogens is 2. The van der Waals surface area contributed by atoms with Crippen LogP contribution in [0, 0.1) is 0 Å². The van der Waals surface area contributed by atoms with E-state index >= 15 is 0 Å². The minimum absolute atomic E-state index is 0.184. The molecule has 138 valence electrons. The summed E-state index contributed by atoms with van der Waals surface area (Å²) in [6, 6.07) is 3.81. The van der Waals surface area contributed by atoms with E-state index in [0.717, 1.165) is 12.3 Å². The summed E-state index contributed by atoms with van der Waals surface area (Å²) in [5.74, 6) is -2.82. The van der Waals surface area contributed by atoms with Crippen LogP contribution in [0.5, 0.6) is 0 Å². The maximum atomic E-state index is 12.9. The van der Waals surface area contributed by atoms with Crippen molar-refractivity contribution in [2.75, 3.05) is 31.1 Å². The van der Waals surface area contributed by atoms with E-state index in [1.807, 2.05) is 0 Å². The van der Waals surface area contributed by atoms with Crippen LogP contribution in [0.3, 0.4) is 0 Å². The van der Waals surface area contributed by atoms with Gasteiger partial charge >= 0.3 is 12.1 Å². The summed E-state index contributed by atoms with van der Waals surface area (Å²) in [5, 5.41) is 16.2. The molecule has 0 aromatic carbocycles. The molecule has 0 bridgehead atoms. The molecule has 1 aliphatic rings. The highest BCUT2D eigenvalue weighted by Gasteiger charge is 2.40. The zero-order valence-corrected chi connectivity index (χ0v) is 13.2. The second kappa shape index (κ2) is 6.65. The molecular formula is C15H13F3N4O4. The van der Waals surface area contributed by atoms with Crippen molar-refractivity contribution in [1.29, 1.82) is 0 Å². The molecule has 2 aromatic heterocycles. The number of carbonyl (C=O) groups is 2. The SMILES string of the molecule is O=C(O)c1ccc(N2CCN(C(=O)c3ccoc3C(F)(F)F)CC2)nn1. The number of carbonyl (C=O) groups excluding carboxylic acids is 1. The molecule has 11 heteroatoms. The Hall–Kier alpha value is -3.11. The van der Waals surface area contributed by atoms with Crippen molar-refractivity contribution >= 4 is 17.7 Å². The number of carboxylic acid groups (broad SMARTS) is 1. The number of alkyl halides is 3. The molecule has 26 heavy (non-hydrogen) atoms. The summed E-state index contributed by atoms with van der Waals surface area (Å²) in [6.45, 7) is 1.02. The van der Waals surface area contributed by atoms with Gasteiger partial charge in [-0.05, 0) is 18.2 Å². The van der Waals surface area contributed by atoms with Gasteiger partial charge in [-0.3, -0.25) is 4.79 Å². The number of halogens is 3. The van der Waals surface area contributed by atoms with Crippen molar-refractivity contribution in [1.82, 2.24) is 15.1 Å². The number of hydrogen-bond acceptors (Lipinski definition) is 6. The van der Waals surface area contributed by atoms with Crippen molar-refractivity contribution in [2.24, 2.45) is 0 Å². The van der Waals surface area contributed by atoms with Crippen LogP contribution in [0.4, 0.5) is 19.0 Å². The molecular weight excluding hydrogens is 357 g/mol. The highest BCUT2D eigenvalue weighted by atomic mass is 19.4. The van der Waals surface area contributed by atoms with E-state index in [0.29, 0.717) is 18.9 Å². The van der Waals surface area contributed by atoms with Crippen LogP contribution < -0.4 is 4.90 Å². The Kier molecular flexibility index (Phi) is 4.53. The van der Waals surface area contributed by atoms with Crippen molar-refractivity contribution in [2.45, 2.75) is 6.18 Å². The molecule has 3 heterocycles. The molecule has 3 rings (SSSR count). The molecule has 1 N–H and O–H groups in total. The first kappa shape index (κ1) is 17.7. The quantitative estimate of drug-likeness (QED) is 0.879. The maximum Gasteiger partial charge on any atom is 0.450 e. The highest BCUT2D eigenvalue weighted by molar-refractivity contribution is 5.95. The van der Waals surface area contributed by atoms with E-state index in [-0.39, 0.29) is 18.8 Å². The van der Waals surface area contributed by atoms with Crippen LogP contribution in [0.25, 0.3) is 0 Å². The second-order valence-electron chi connectivity index (χ2n) is 5.52.